The summed E-state index contributed by atoms with van der Waals surface area (Å²) >= 11 is 0. The van der Waals surface area contributed by atoms with Gasteiger partial charge in [-0.25, -0.2) is 4.79 Å². The molecule has 8 heteroatoms. The quantitative estimate of drug-likeness (QED) is 0.126. The number of unbranched alkanes of at least 4 members (excludes halogenated alkanes) is 10. The predicted octanol–water partition coefficient (Wildman–Crippen LogP) is 8.05. The van der Waals surface area contributed by atoms with Crippen molar-refractivity contribution in [2.45, 2.75) is 121 Å². The average molecular weight is 531 g/mol. The van der Waals surface area contributed by atoms with Crippen LogP contribution in [-0.4, -0.2) is 38.4 Å². The number of methoxy groups -OCH3 is 2. The molecular weight excluding hydrogens is 485 g/mol. The van der Waals surface area contributed by atoms with Gasteiger partial charge in [0, 0.05) is 19.1 Å². The van der Waals surface area contributed by atoms with Gasteiger partial charge in [-0.3, -0.25) is 4.79 Å². The predicted molar refractivity (Wildman–Crippen MR) is 138 cm³/mol. The van der Waals surface area contributed by atoms with Crippen molar-refractivity contribution in [3.8, 4) is 0 Å². The van der Waals surface area contributed by atoms with Crippen LogP contribution in [0.1, 0.15) is 109 Å². The first-order valence-corrected chi connectivity index (χ1v) is 13.7. The van der Waals surface area contributed by atoms with E-state index in [1.54, 1.807) is 6.07 Å². The molecule has 0 saturated heterocycles. The van der Waals surface area contributed by atoms with Crippen molar-refractivity contribution in [1.82, 2.24) is 0 Å². The van der Waals surface area contributed by atoms with Gasteiger partial charge in [-0.2, -0.15) is 13.2 Å². The van der Waals surface area contributed by atoms with Gasteiger partial charge in [0.2, 0.25) is 0 Å². The van der Waals surface area contributed by atoms with Gasteiger partial charge < -0.3 is 14.2 Å². The van der Waals surface area contributed by atoms with Gasteiger partial charge in [-0.05, 0) is 32.1 Å². The molecule has 0 fully saturated rings. The zero-order chi connectivity index (χ0) is 27.6. The number of alkyl halides is 3. The summed E-state index contributed by atoms with van der Waals surface area (Å²) in [4.78, 5) is 24.4. The molecule has 0 saturated carbocycles. The fourth-order valence-corrected chi connectivity index (χ4v) is 4.49. The third-order valence-corrected chi connectivity index (χ3v) is 6.71. The van der Waals surface area contributed by atoms with Crippen molar-refractivity contribution in [2.75, 3.05) is 14.2 Å². The van der Waals surface area contributed by atoms with Crippen molar-refractivity contribution in [1.29, 1.82) is 0 Å². The van der Waals surface area contributed by atoms with E-state index in [1.807, 2.05) is 0 Å². The van der Waals surface area contributed by atoms with E-state index in [0.29, 0.717) is 32.1 Å². The Balaban J connectivity index is 2.80. The molecule has 0 aliphatic rings. The van der Waals surface area contributed by atoms with Crippen LogP contribution < -0.4 is 0 Å². The molecule has 0 aliphatic carbocycles. The van der Waals surface area contributed by atoms with Crippen molar-refractivity contribution in [2.24, 2.45) is 0 Å². The van der Waals surface area contributed by atoms with Crippen LogP contribution in [0.5, 0.6) is 0 Å². The van der Waals surface area contributed by atoms with Crippen LogP contribution in [0.2, 0.25) is 0 Å². The summed E-state index contributed by atoms with van der Waals surface area (Å²) in [5.74, 6) is -1.69. The molecule has 0 aromatic heterocycles. The van der Waals surface area contributed by atoms with E-state index >= 15 is 0 Å². The topological polar surface area (TPSA) is 61.8 Å². The lowest BCUT2D eigenvalue weighted by atomic mass is 9.92. The van der Waals surface area contributed by atoms with E-state index in [9.17, 15) is 22.8 Å². The Kier molecular flexibility index (Phi) is 16.2. The first-order valence-electron chi connectivity index (χ1n) is 13.7. The third kappa shape index (κ3) is 11.5. The van der Waals surface area contributed by atoms with E-state index in [2.05, 4.69) is 11.7 Å². The lowest BCUT2D eigenvalue weighted by molar-refractivity contribution is -0.278. The third-order valence-electron chi connectivity index (χ3n) is 6.71. The molecule has 0 heterocycles. The molecular formula is C29H45F3O5. The van der Waals surface area contributed by atoms with E-state index in [0.717, 1.165) is 45.6 Å². The van der Waals surface area contributed by atoms with Crippen molar-refractivity contribution in [3.63, 3.8) is 0 Å². The van der Waals surface area contributed by atoms with Gasteiger partial charge >= 0.3 is 18.1 Å². The Morgan fingerprint density at radius 1 is 0.784 bits per heavy atom. The second-order valence-electron chi connectivity index (χ2n) is 9.57. The molecule has 37 heavy (non-hydrogen) atoms. The summed E-state index contributed by atoms with van der Waals surface area (Å²) in [5.41, 5.74) is -3.48. The van der Waals surface area contributed by atoms with E-state index < -0.39 is 23.9 Å². The highest BCUT2D eigenvalue weighted by Gasteiger charge is 2.64. The van der Waals surface area contributed by atoms with Crippen molar-refractivity contribution in [3.05, 3.63) is 35.9 Å². The van der Waals surface area contributed by atoms with Crippen LogP contribution in [0.15, 0.2) is 30.3 Å². The van der Waals surface area contributed by atoms with Crippen molar-refractivity contribution < 1.29 is 37.0 Å². The van der Waals surface area contributed by atoms with E-state index in [4.69, 9.17) is 9.47 Å². The molecule has 5 nitrogen and oxygen atoms in total. The normalized spacial score (nSPS) is 14.1. The Morgan fingerprint density at radius 3 is 1.78 bits per heavy atom. The minimum Gasteiger partial charge on any atom is -0.469 e. The maximum atomic E-state index is 14.3. The molecule has 0 amide bonds. The zero-order valence-electron chi connectivity index (χ0n) is 22.7. The monoisotopic (exact) mass is 530 g/mol. The molecule has 0 aliphatic heterocycles. The van der Waals surface area contributed by atoms with Gasteiger partial charge in [-0.1, -0.05) is 95.0 Å². The van der Waals surface area contributed by atoms with Crippen LogP contribution in [0.3, 0.4) is 0 Å². The molecule has 1 aromatic rings. The number of halogens is 3. The molecule has 0 bridgehead atoms. The molecule has 0 radical (unpaired) electrons. The van der Waals surface area contributed by atoms with Gasteiger partial charge in [0.15, 0.2) is 0 Å². The smallest absolute Gasteiger partial charge is 0.432 e. The van der Waals surface area contributed by atoms with Crippen LogP contribution in [0, 0.1) is 0 Å². The van der Waals surface area contributed by atoms with Crippen LogP contribution in [0.25, 0.3) is 0 Å². The number of hydrogen-bond acceptors (Lipinski definition) is 5. The lowest BCUT2D eigenvalue weighted by Crippen LogP contribution is -2.52. The highest BCUT2D eigenvalue weighted by molar-refractivity contribution is 5.82. The van der Waals surface area contributed by atoms with Gasteiger partial charge in [0.1, 0.15) is 6.10 Å². The number of hydrogen-bond donors (Lipinski definition) is 0. The molecule has 2 atom stereocenters. The first-order chi connectivity index (χ1) is 17.7. The highest BCUT2D eigenvalue weighted by atomic mass is 19.4. The summed E-state index contributed by atoms with van der Waals surface area (Å²) < 4.78 is 57.9. The number of rotatable bonds is 20. The first kappa shape index (κ1) is 32.9. The highest BCUT2D eigenvalue weighted by Crippen LogP contribution is 2.43. The second-order valence-corrected chi connectivity index (χ2v) is 9.57. The lowest BCUT2D eigenvalue weighted by Gasteiger charge is -2.34. The summed E-state index contributed by atoms with van der Waals surface area (Å²) in [5, 5.41) is 0. The summed E-state index contributed by atoms with van der Waals surface area (Å²) in [7, 11) is 2.24. The summed E-state index contributed by atoms with van der Waals surface area (Å²) in [6.07, 6.45) is 7.43. The van der Waals surface area contributed by atoms with Crippen LogP contribution in [-0.2, 0) is 29.4 Å². The maximum absolute atomic E-state index is 14.3. The fourth-order valence-electron chi connectivity index (χ4n) is 4.49. The summed E-state index contributed by atoms with van der Waals surface area (Å²) in [6, 6.07) is 6.92. The van der Waals surface area contributed by atoms with Gasteiger partial charge in [0.25, 0.3) is 5.60 Å². The van der Waals surface area contributed by atoms with Crippen molar-refractivity contribution >= 4 is 11.9 Å². The summed E-state index contributed by atoms with van der Waals surface area (Å²) in [6.45, 7) is 2.18. The van der Waals surface area contributed by atoms with Gasteiger partial charge in [-0.15, -0.1) is 0 Å². The number of carbonyl (C=O) groups is 2. The van der Waals surface area contributed by atoms with E-state index in [1.165, 1.54) is 57.1 Å². The Labute approximate surface area is 220 Å². The number of esters is 2. The maximum Gasteiger partial charge on any atom is 0.432 e. The molecule has 0 unspecified atom stereocenters. The Morgan fingerprint density at radius 2 is 1.30 bits per heavy atom. The number of benzene rings is 1. The zero-order valence-corrected chi connectivity index (χ0v) is 22.7. The SMILES string of the molecule is CCCCCCCCCC[C@@H](CCCCCCC(=O)OC)OC(=O)[C@@](OC)(c1ccccc1)C(F)(F)F. The second kappa shape index (κ2) is 18.2. The minimum absolute atomic E-state index is 0.259. The molecule has 0 spiro atoms. The molecule has 212 valence electrons. The fraction of sp³-hybridized carbons (Fsp3) is 0.724. The Hall–Kier alpha value is -2.09. The van der Waals surface area contributed by atoms with Crippen LogP contribution >= 0.6 is 0 Å². The van der Waals surface area contributed by atoms with E-state index in [-0.39, 0.29) is 11.5 Å². The number of ether oxygens (including phenoxy) is 3. The average Bonchev–Trinajstić information content (AvgIpc) is 2.87. The molecule has 1 rings (SSSR count). The van der Waals surface area contributed by atoms with Gasteiger partial charge in [0.05, 0.1) is 7.11 Å². The van der Waals surface area contributed by atoms with Crippen LogP contribution in [0.4, 0.5) is 13.2 Å². The Bertz CT molecular complexity index is 754. The minimum atomic E-state index is -4.99. The standard InChI is InChI=1S/C29H45F3O5/c1-4-5-6-7-8-9-10-16-21-25(22-17-11-12-18-23-26(33)35-2)37-27(34)28(36-3,29(30,31)32)24-19-14-13-15-20-24/h13-15,19-20,25H,4-12,16-18,21-23H2,1-3H3/t25-,28-/m0/s1. The number of carbonyl (C=O) groups excluding carboxylic acids is 2. The molecule has 1 aromatic carbocycles. The molecule has 0 N–H and O–H groups in total. The largest absolute Gasteiger partial charge is 0.469 e.